The van der Waals surface area contributed by atoms with E-state index in [9.17, 15) is 20.1 Å². The third kappa shape index (κ3) is 3.40. The van der Waals surface area contributed by atoms with E-state index in [4.69, 9.17) is 9.15 Å². The molecule has 6 aromatic rings. The first-order valence-electron chi connectivity index (χ1n) is 12.5. The lowest BCUT2D eigenvalue weighted by Gasteiger charge is -2.23. The second-order valence-corrected chi connectivity index (χ2v) is 9.78. The molecular formula is C32H23NO6. The Morgan fingerprint density at radius 1 is 0.949 bits per heavy atom. The van der Waals surface area contributed by atoms with Gasteiger partial charge >= 0.3 is 0 Å². The quantitative estimate of drug-likeness (QED) is 0.210. The maximum absolute atomic E-state index is 13.3. The summed E-state index contributed by atoms with van der Waals surface area (Å²) in [5.74, 6) is -0.738. The van der Waals surface area contributed by atoms with Crippen LogP contribution in [0.2, 0.25) is 0 Å². The van der Waals surface area contributed by atoms with Gasteiger partial charge < -0.3 is 29.5 Å². The van der Waals surface area contributed by atoms with E-state index in [1.807, 2.05) is 12.3 Å². The Morgan fingerprint density at radius 3 is 2.56 bits per heavy atom. The van der Waals surface area contributed by atoms with E-state index in [0.29, 0.717) is 17.5 Å². The summed E-state index contributed by atoms with van der Waals surface area (Å²) >= 11 is 0. The number of aromatic nitrogens is 1. The van der Waals surface area contributed by atoms with Crippen LogP contribution in [0, 0.1) is 0 Å². The average molecular weight is 518 g/mol. The Hall–Kier alpha value is -5.17. The smallest absolute Gasteiger partial charge is 0.204 e. The van der Waals surface area contributed by atoms with Crippen molar-refractivity contribution in [2.24, 2.45) is 0 Å². The molecule has 0 amide bonds. The number of rotatable bonds is 4. The number of H-pyrrole nitrogens is 1. The topological polar surface area (TPSA) is 116 Å². The number of nitrogens with one attached hydrogen (secondary N) is 1. The van der Waals surface area contributed by atoms with Crippen LogP contribution in [0.4, 0.5) is 0 Å². The highest BCUT2D eigenvalue weighted by molar-refractivity contribution is 6.12. The molecule has 0 unspecified atom stereocenters. The van der Waals surface area contributed by atoms with Crippen LogP contribution in [0.25, 0.3) is 50.0 Å². The van der Waals surface area contributed by atoms with Gasteiger partial charge in [0.15, 0.2) is 16.9 Å². The van der Waals surface area contributed by atoms with E-state index >= 15 is 0 Å². The van der Waals surface area contributed by atoms with Gasteiger partial charge in [0.25, 0.3) is 0 Å². The molecule has 7 nitrogen and oxygen atoms in total. The van der Waals surface area contributed by atoms with Crippen LogP contribution in [0.3, 0.4) is 0 Å². The lowest BCUT2D eigenvalue weighted by molar-refractivity contribution is 0.344. The zero-order chi connectivity index (χ0) is 26.8. The summed E-state index contributed by atoms with van der Waals surface area (Å²) in [6.45, 7) is 0. The highest BCUT2D eigenvalue weighted by Crippen LogP contribution is 2.48. The molecule has 0 saturated carbocycles. The van der Waals surface area contributed by atoms with Gasteiger partial charge in [0.05, 0.1) is 7.11 Å². The second kappa shape index (κ2) is 8.43. The minimum atomic E-state index is -0.474. The predicted molar refractivity (Wildman–Crippen MR) is 151 cm³/mol. The van der Waals surface area contributed by atoms with Crippen molar-refractivity contribution in [3.05, 3.63) is 99.9 Å². The number of aromatic hydroxyl groups is 3. The van der Waals surface area contributed by atoms with Gasteiger partial charge in [0.2, 0.25) is 5.75 Å². The molecular weight excluding hydrogens is 494 g/mol. The molecule has 192 valence electrons. The fourth-order valence-electron chi connectivity index (χ4n) is 5.79. The Bertz CT molecular complexity index is 2030. The fraction of sp³-hybridized carbons (Fsp3) is 0.0938. The fourth-order valence-corrected chi connectivity index (χ4v) is 5.79. The molecule has 0 saturated heterocycles. The zero-order valence-corrected chi connectivity index (χ0v) is 20.9. The maximum atomic E-state index is 13.3. The molecule has 1 atom stereocenters. The standard InChI is InChI=1S/C32H23NO6/c1-38-32-29(36)23(31-28(30(32)37)25(35)15-26(39-31)16-7-9-19(34)10-8-16)13-17-5-6-18-14-24-21(11-12-33-24)22-4-2-3-20(17)27(18)22/h2-12,14-15,17,33-34,36-37H,13H2,1H3/t17-/m0/s1. The Balaban J connectivity index is 1.45. The largest absolute Gasteiger partial charge is 0.508 e. The summed E-state index contributed by atoms with van der Waals surface area (Å²) in [4.78, 5) is 16.6. The van der Waals surface area contributed by atoms with Crippen molar-refractivity contribution in [1.82, 2.24) is 4.98 Å². The van der Waals surface area contributed by atoms with Crippen molar-refractivity contribution in [3.8, 4) is 34.3 Å². The van der Waals surface area contributed by atoms with E-state index in [1.54, 1.807) is 12.1 Å². The van der Waals surface area contributed by atoms with Crippen LogP contribution < -0.4 is 10.2 Å². The van der Waals surface area contributed by atoms with Crippen LogP contribution in [-0.2, 0) is 6.42 Å². The summed E-state index contributed by atoms with van der Waals surface area (Å²) in [5, 5.41) is 35.2. The maximum Gasteiger partial charge on any atom is 0.204 e. The van der Waals surface area contributed by atoms with E-state index in [-0.39, 0.29) is 39.9 Å². The van der Waals surface area contributed by atoms with Crippen LogP contribution in [-0.4, -0.2) is 27.4 Å². The molecule has 2 aromatic heterocycles. The number of aromatic amines is 1. The first-order chi connectivity index (χ1) is 18.9. The number of allylic oxidation sites excluding steroid dienone is 1. The van der Waals surface area contributed by atoms with Crippen LogP contribution >= 0.6 is 0 Å². The SMILES string of the molecule is COc1c(O)c(C[C@@H]2C=Cc3cc4[nH]ccc4c4cccc2c34)c2oc(-c3ccc(O)cc3)cc(=O)c2c1O. The molecule has 0 bridgehead atoms. The van der Waals surface area contributed by atoms with E-state index in [1.165, 1.54) is 25.3 Å². The number of hydrogen-bond donors (Lipinski definition) is 4. The summed E-state index contributed by atoms with van der Waals surface area (Å²) in [6.07, 6.45) is 6.38. The van der Waals surface area contributed by atoms with Crippen LogP contribution in [0.15, 0.2) is 82.1 Å². The molecule has 39 heavy (non-hydrogen) atoms. The Labute approximate surface area is 221 Å². The molecule has 0 radical (unpaired) electrons. The molecule has 0 fully saturated rings. The van der Waals surface area contributed by atoms with E-state index in [2.05, 4.69) is 41.4 Å². The van der Waals surface area contributed by atoms with Gasteiger partial charge in [0, 0.05) is 40.2 Å². The molecule has 2 heterocycles. The third-order valence-corrected chi connectivity index (χ3v) is 7.62. The summed E-state index contributed by atoms with van der Waals surface area (Å²) in [7, 11) is 1.33. The number of phenolic OH excluding ortho intramolecular Hbond substituents is 3. The number of benzene rings is 4. The predicted octanol–water partition coefficient (Wildman–Crippen LogP) is 6.57. The van der Waals surface area contributed by atoms with Crippen LogP contribution in [0.5, 0.6) is 23.0 Å². The normalized spacial score (nSPS) is 14.4. The molecule has 7 rings (SSSR count). The number of fused-ring (bicyclic) bond motifs is 3. The second-order valence-electron chi connectivity index (χ2n) is 9.78. The molecule has 1 aliphatic carbocycles. The minimum Gasteiger partial charge on any atom is -0.508 e. The van der Waals surface area contributed by atoms with Crippen molar-refractivity contribution in [1.29, 1.82) is 0 Å². The van der Waals surface area contributed by atoms with Crippen molar-refractivity contribution in [2.75, 3.05) is 7.11 Å². The summed E-state index contributed by atoms with van der Waals surface area (Å²) in [6, 6.07) is 17.9. The lowest BCUT2D eigenvalue weighted by atomic mass is 9.81. The summed E-state index contributed by atoms with van der Waals surface area (Å²) < 4.78 is 11.5. The number of methoxy groups -OCH3 is 1. The van der Waals surface area contributed by atoms with E-state index < -0.39 is 11.2 Å². The monoisotopic (exact) mass is 517 g/mol. The highest BCUT2D eigenvalue weighted by atomic mass is 16.5. The highest BCUT2D eigenvalue weighted by Gasteiger charge is 2.28. The van der Waals surface area contributed by atoms with Crippen molar-refractivity contribution in [2.45, 2.75) is 12.3 Å². The molecule has 0 aliphatic heterocycles. The molecule has 0 spiro atoms. The minimum absolute atomic E-state index is 0.0605. The number of phenols is 3. The molecule has 7 heteroatoms. The van der Waals surface area contributed by atoms with Crippen molar-refractivity contribution in [3.63, 3.8) is 0 Å². The Kier molecular flexibility index (Phi) is 4.97. The number of hydrogen-bond acceptors (Lipinski definition) is 6. The zero-order valence-electron chi connectivity index (χ0n) is 20.9. The van der Waals surface area contributed by atoms with Gasteiger partial charge in [-0.1, -0.05) is 30.4 Å². The van der Waals surface area contributed by atoms with Gasteiger partial charge in [-0.25, -0.2) is 0 Å². The Morgan fingerprint density at radius 2 is 1.77 bits per heavy atom. The van der Waals surface area contributed by atoms with Crippen molar-refractivity contribution < 1.29 is 24.5 Å². The third-order valence-electron chi connectivity index (χ3n) is 7.62. The molecule has 4 N–H and O–H groups in total. The van der Waals surface area contributed by atoms with Gasteiger partial charge in [0.1, 0.15) is 22.5 Å². The molecule has 1 aliphatic rings. The first-order valence-corrected chi connectivity index (χ1v) is 12.5. The number of ether oxygens (including phenoxy) is 1. The van der Waals surface area contributed by atoms with Gasteiger partial charge in [-0.15, -0.1) is 0 Å². The van der Waals surface area contributed by atoms with Gasteiger partial charge in [-0.05, 0) is 64.7 Å². The van der Waals surface area contributed by atoms with Crippen LogP contribution in [0.1, 0.15) is 22.6 Å². The van der Waals surface area contributed by atoms with Gasteiger partial charge in [-0.2, -0.15) is 0 Å². The first kappa shape index (κ1) is 23.0. The van der Waals surface area contributed by atoms with E-state index in [0.717, 1.165) is 32.8 Å². The summed E-state index contributed by atoms with van der Waals surface area (Å²) in [5.41, 5.74) is 3.80. The van der Waals surface area contributed by atoms with Gasteiger partial charge in [-0.3, -0.25) is 4.79 Å². The molecule has 4 aromatic carbocycles. The lowest BCUT2D eigenvalue weighted by Crippen LogP contribution is -2.09. The van der Waals surface area contributed by atoms with Crippen molar-refractivity contribution >= 4 is 38.7 Å². The average Bonchev–Trinajstić information content (AvgIpc) is 3.41.